The maximum Gasteiger partial charge on any atom is 0.323 e. The van der Waals surface area contributed by atoms with Crippen LogP contribution in [-0.2, 0) is 4.79 Å². The molecule has 0 spiro atoms. The molecule has 0 radical (unpaired) electrons. The Labute approximate surface area is 193 Å². The summed E-state index contributed by atoms with van der Waals surface area (Å²) in [4.78, 5) is 46.6. The van der Waals surface area contributed by atoms with Crippen LogP contribution in [0, 0.1) is 6.92 Å². The van der Waals surface area contributed by atoms with E-state index < -0.39 is 12.2 Å². The molecule has 1 saturated heterocycles. The highest BCUT2D eigenvalue weighted by molar-refractivity contribution is 6.00. The first-order valence-corrected chi connectivity index (χ1v) is 11.3. The van der Waals surface area contributed by atoms with Crippen LogP contribution in [0.25, 0.3) is 0 Å². The van der Waals surface area contributed by atoms with Crippen LogP contribution in [-0.4, -0.2) is 64.0 Å². The van der Waals surface area contributed by atoms with Gasteiger partial charge in [-0.05, 0) is 62.4 Å². The molecule has 2 aromatic rings. The SMILES string of the molecule is Cc1cccc(NC(=O)N2CCN(C(=O)c3cccnc3)C2C(=O)NC2CCC(N)CC2)c1. The third-order valence-corrected chi connectivity index (χ3v) is 6.22. The second-order valence-electron chi connectivity index (χ2n) is 8.73. The van der Waals surface area contributed by atoms with Crippen molar-refractivity contribution >= 4 is 23.5 Å². The minimum absolute atomic E-state index is 0.0186. The normalized spacial score (nSPS) is 22.7. The zero-order valence-electron chi connectivity index (χ0n) is 18.7. The summed E-state index contributed by atoms with van der Waals surface area (Å²) in [6, 6.07) is 10.5. The molecule has 1 saturated carbocycles. The smallest absolute Gasteiger partial charge is 0.323 e. The van der Waals surface area contributed by atoms with Crippen LogP contribution in [0.5, 0.6) is 0 Å². The number of carbonyl (C=O) groups excluding carboxylic acids is 3. The van der Waals surface area contributed by atoms with Crippen LogP contribution >= 0.6 is 0 Å². The molecule has 0 bridgehead atoms. The molecule has 1 aliphatic heterocycles. The largest absolute Gasteiger partial charge is 0.350 e. The van der Waals surface area contributed by atoms with E-state index in [0.717, 1.165) is 31.2 Å². The molecule has 4 amide bonds. The minimum atomic E-state index is -1.04. The van der Waals surface area contributed by atoms with E-state index in [0.29, 0.717) is 11.3 Å². The third kappa shape index (κ3) is 5.31. The minimum Gasteiger partial charge on any atom is -0.350 e. The Morgan fingerprint density at radius 2 is 1.79 bits per heavy atom. The first-order valence-electron chi connectivity index (χ1n) is 11.3. The topological polar surface area (TPSA) is 121 Å². The van der Waals surface area contributed by atoms with Crippen LogP contribution in [0.2, 0.25) is 0 Å². The van der Waals surface area contributed by atoms with Gasteiger partial charge < -0.3 is 21.3 Å². The van der Waals surface area contributed by atoms with E-state index in [2.05, 4.69) is 15.6 Å². The predicted molar refractivity (Wildman–Crippen MR) is 124 cm³/mol. The highest BCUT2D eigenvalue weighted by Gasteiger charge is 2.43. The van der Waals surface area contributed by atoms with Gasteiger partial charge in [-0.2, -0.15) is 0 Å². The number of rotatable bonds is 4. The molecule has 174 valence electrons. The van der Waals surface area contributed by atoms with Gasteiger partial charge in [0, 0.05) is 43.3 Å². The fraction of sp³-hybridized carbons (Fsp3) is 0.417. The van der Waals surface area contributed by atoms with Crippen LogP contribution < -0.4 is 16.4 Å². The number of aryl methyl sites for hydroxylation is 1. The summed E-state index contributed by atoms with van der Waals surface area (Å²) < 4.78 is 0. The number of urea groups is 1. The van der Waals surface area contributed by atoms with Crippen molar-refractivity contribution in [3.63, 3.8) is 0 Å². The van der Waals surface area contributed by atoms with Crippen molar-refractivity contribution in [3.05, 3.63) is 59.9 Å². The van der Waals surface area contributed by atoms with Crippen LogP contribution in [0.4, 0.5) is 10.5 Å². The number of hydrogen-bond donors (Lipinski definition) is 3. The molecule has 4 rings (SSSR count). The number of nitrogens with zero attached hydrogens (tertiary/aromatic N) is 3. The fourth-order valence-electron chi connectivity index (χ4n) is 4.45. The van der Waals surface area contributed by atoms with Crippen LogP contribution in [0.15, 0.2) is 48.8 Å². The van der Waals surface area contributed by atoms with Gasteiger partial charge in [0.2, 0.25) is 0 Å². The second kappa shape index (κ2) is 9.99. The van der Waals surface area contributed by atoms with E-state index in [1.54, 1.807) is 24.4 Å². The first-order chi connectivity index (χ1) is 15.9. The summed E-state index contributed by atoms with van der Waals surface area (Å²) in [5.74, 6) is -0.690. The molecular weight excluding hydrogens is 420 g/mol. The maximum atomic E-state index is 13.4. The Morgan fingerprint density at radius 3 is 2.48 bits per heavy atom. The average Bonchev–Trinajstić information content (AvgIpc) is 3.26. The zero-order chi connectivity index (χ0) is 23.4. The average molecular weight is 451 g/mol. The molecule has 1 aromatic heterocycles. The Kier molecular flexibility index (Phi) is 6.88. The van der Waals surface area contributed by atoms with E-state index in [1.807, 2.05) is 25.1 Å². The number of benzene rings is 1. The van der Waals surface area contributed by atoms with Gasteiger partial charge in [0.25, 0.3) is 11.8 Å². The lowest BCUT2D eigenvalue weighted by Crippen LogP contribution is -2.56. The van der Waals surface area contributed by atoms with Crippen LogP contribution in [0.3, 0.4) is 0 Å². The molecule has 1 atom stereocenters. The summed E-state index contributed by atoms with van der Waals surface area (Å²) in [5.41, 5.74) is 8.01. The second-order valence-corrected chi connectivity index (χ2v) is 8.73. The lowest BCUT2D eigenvalue weighted by molar-refractivity contribution is -0.128. The van der Waals surface area contributed by atoms with Crippen molar-refractivity contribution < 1.29 is 14.4 Å². The fourth-order valence-corrected chi connectivity index (χ4v) is 4.45. The zero-order valence-corrected chi connectivity index (χ0v) is 18.7. The highest BCUT2D eigenvalue weighted by Crippen LogP contribution is 2.22. The van der Waals surface area contributed by atoms with Gasteiger partial charge >= 0.3 is 6.03 Å². The molecule has 1 aromatic carbocycles. The summed E-state index contributed by atoms with van der Waals surface area (Å²) in [6.07, 6.45) is 5.25. The quantitative estimate of drug-likeness (QED) is 0.659. The molecule has 9 heteroatoms. The lowest BCUT2D eigenvalue weighted by atomic mass is 9.92. The van der Waals surface area contributed by atoms with Crippen molar-refractivity contribution in [3.8, 4) is 0 Å². The van der Waals surface area contributed by atoms with Crippen molar-refractivity contribution in [2.45, 2.75) is 50.9 Å². The Morgan fingerprint density at radius 1 is 1.03 bits per heavy atom. The summed E-state index contributed by atoms with van der Waals surface area (Å²) in [7, 11) is 0. The Balaban J connectivity index is 1.54. The number of nitrogens with two attached hydrogens (primary N) is 1. The van der Waals surface area contributed by atoms with E-state index in [9.17, 15) is 14.4 Å². The van der Waals surface area contributed by atoms with Crippen molar-refractivity contribution in [1.29, 1.82) is 0 Å². The molecule has 9 nitrogen and oxygen atoms in total. The van der Waals surface area contributed by atoms with Gasteiger partial charge in [0.1, 0.15) is 0 Å². The predicted octanol–water partition coefficient (Wildman–Crippen LogP) is 2.09. The van der Waals surface area contributed by atoms with Crippen molar-refractivity contribution in [2.24, 2.45) is 5.73 Å². The third-order valence-electron chi connectivity index (χ3n) is 6.22. The summed E-state index contributed by atoms with van der Waals surface area (Å²) >= 11 is 0. The van der Waals surface area contributed by atoms with Crippen molar-refractivity contribution in [2.75, 3.05) is 18.4 Å². The summed E-state index contributed by atoms with van der Waals surface area (Å²) in [6.45, 7) is 2.44. The molecule has 2 aliphatic rings. The molecule has 1 aliphatic carbocycles. The number of nitrogens with one attached hydrogen (secondary N) is 2. The number of amides is 4. The Bertz CT molecular complexity index is 1010. The molecule has 2 heterocycles. The summed E-state index contributed by atoms with van der Waals surface area (Å²) in [5, 5.41) is 5.91. The highest BCUT2D eigenvalue weighted by atomic mass is 16.2. The molecule has 4 N–H and O–H groups in total. The van der Waals surface area contributed by atoms with Crippen molar-refractivity contribution in [1.82, 2.24) is 20.1 Å². The first kappa shape index (κ1) is 22.7. The Hall–Kier alpha value is -3.46. The molecule has 33 heavy (non-hydrogen) atoms. The standard InChI is InChI=1S/C24H30N6O3/c1-16-4-2-6-20(14-16)28-24(33)30-13-12-29(23(32)17-5-3-11-26-15-17)22(30)21(31)27-19-9-7-18(25)8-10-19/h2-6,11,14-15,18-19,22H,7-10,12-13,25H2,1H3,(H,27,31)(H,28,33). The van der Waals surface area contributed by atoms with E-state index in [4.69, 9.17) is 5.73 Å². The molecular formula is C24H30N6O3. The number of carbonyl (C=O) groups is 3. The van der Waals surface area contributed by atoms with Gasteiger partial charge in [0.05, 0.1) is 5.56 Å². The van der Waals surface area contributed by atoms with Gasteiger partial charge in [0.15, 0.2) is 6.17 Å². The molecule has 2 fully saturated rings. The maximum absolute atomic E-state index is 13.4. The number of anilines is 1. The van der Waals surface area contributed by atoms with E-state index in [1.165, 1.54) is 16.0 Å². The van der Waals surface area contributed by atoms with Gasteiger partial charge in [-0.15, -0.1) is 0 Å². The van der Waals surface area contributed by atoms with Gasteiger partial charge in [-0.25, -0.2) is 4.79 Å². The van der Waals surface area contributed by atoms with Gasteiger partial charge in [-0.3, -0.25) is 19.5 Å². The van der Waals surface area contributed by atoms with E-state index in [-0.39, 0.29) is 37.0 Å². The lowest BCUT2D eigenvalue weighted by Gasteiger charge is -2.32. The van der Waals surface area contributed by atoms with E-state index >= 15 is 0 Å². The number of hydrogen-bond acceptors (Lipinski definition) is 5. The van der Waals surface area contributed by atoms with Gasteiger partial charge in [-0.1, -0.05) is 12.1 Å². The number of aromatic nitrogens is 1. The molecule has 1 unspecified atom stereocenters. The number of pyridine rings is 1. The monoisotopic (exact) mass is 450 g/mol. The van der Waals surface area contributed by atoms with Crippen LogP contribution in [0.1, 0.15) is 41.6 Å².